The Morgan fingerprint density at radius 3 is 2.36 bits per heavy atom. The van der Waals surface area contributed by atoms with Crippen molar-refractivity contribution < 1.29 is 14.3 Å². The first-order chi connectivity index (χ1) is 13.6. The van der Waals surface area contributed by atoms with Crippen LogP contribution < -0.4 is 20.1 Å². The first-order valence-electron chi connectivity index (χ1n) is 9.24. The first-order valence-corrected chi connectivity index (χ1v) is 9.65. The molecular formula is C21H25N3O3S. The third-order valence-corrected chi connectivity index (χ3v) is 5.15. The molecule has 0 spiro atoms. The molecule has 1 heterocycles. The summed E-state index contributed by atoms with van der Waals surface area (Å²) >= 11 is 5.54. The lowest BCUT2D eigenvalue weighted by Gasteiger charge is -2.34. The molecule has 2 N–H and O–H groups in total. The normalized spacial score (nSPS) is 14.3. The number of piperidine rings is 1. The van der Waals surface area contributed by atoms with E-state index in [0.717, 1.165) is 43.1 Å². The Kier molecular flexibility index (Phi) is 6.71. The molecule has 0 bridgehead atoms. The molecule has 6 nitrogen and oxygen atoms in total. The monoisotopic (exact) mass is 399 g/mol. The minimum absolute atomic E-state index is 0.0572. The van der Waals surface area contributed by atoms with Crippen LogP contribution in [0.5, 0.6) is 11.5 Å². The molecule has 1 amide bonds. The summed E-state index contributed by atoms with van der Waals surface area (Å²) in [6, 6.07) is 15.0. The molecule has 1 aliphatic rings. The summed E-state index contributed by atoms with van der Waals surface area (Å²) in [5, 5.41) is 7.06. The van der Waals surface area contributed by atoms with Gasteiger partial charge in [0.2, 0.25) is 0 Å². The third kappa shape index (κ3) is 5.13. The van der Waals surface area contributed by atoms with Crippen molar-refractivity contribution in [2.75, 3.05) is 32.6 Å². The van der Waals surface area contributed by atoms with Gasteiger partial charge in [-0.1, -0.05) is 6.07 Å². The van der Waals surface area contributed by atoms with Crippen molar-refractivity contribution in [3.05, 3.63) is 54.1 Å². The van der Waals surface area contributed by atoms with E-state index in [-0.39, 0.29) is 11.9 Å². The maximum Gasteiger partial charge on any atom is 0.251 e. The zero-order valence-corrected chi connectivity index (χ0v) is 16.9. The van der Waals surface area contributed by atoms with Crippen LogP contribution in [0.25, 0.3) is 0 Å². The van der Waals surface area contributed by atoms with Gasteiger partial charge < -0.3 is 25.0 Å². The van der Waals surface area contributed by atoms with E-state index < -0.39 is 0 Å². The Hall–Kier alpha value is -2.80. The number of nitrogens with zero attached hydrogens (tertiary/aromatic N) is 1. The number of nitrogens with one attached hydrogen (secondary N) is 2. The zero-order valence-electron chi connectivity index (χ0n) is 16.1. The maximum atomic E-state index is 12.4. The highest BCUT2D eigenvalue weighted by molar-refractivity contribution is 7.80. The molecule has 2 aromatic rings. The summed E-state index contributed by atoms with van der Waals surface area (Å²) in [7, 11) is 3.25. The van der Waals surface area contributed by atoms with E-state index in [0.29, 0.717) is 10.7 Å². The van der Waals surface area contributed by atoms with Crippen LogP contribution in [-0.4, -0.2) is 49.3 Å². The molecule has 1 fully saturated rings. The molecule has 0 atom stereocenters. The molecule has 0 radical (unpaired) electrons. The molecule has 0 aromatic heterocycles. The van der Waals surface area contributed by atoms with Crippen molar-refractivity contribution in [2.45, 2.75) is 18.9 Å². The number of likely N-dealkylation sites (tertiary alicyclic amines) is 1. The molecule has 0 saturated carbocycles. The number of amides is 1. The van der Waals surface area contributed by atoms with E-state index in [2.05, 4.69) is 15.5 Å². The van der Waals surface area contributed by atoms with Crippen LogP contribution >= 0.6 is 12.2 Å². The molecule has 1 saturated heterocycles. The van der Waals surface area contributed by atoms with Crippen LogP contribution in [-0.2, 0) is 0 Å². The van der Waals surface area contributed by atoms with Crippen molar-refractivity contribution in [2.24, 2.45) is 0 Å². The third-order valence-electron chi connectivity index (χ3n) is 4.79. The van der Waals surface area contributed by atoms with Crippen LogP contribution in [0.3, 0.4) is 0 Å². The average Bonchev–Trinajstić information content (AvgIpc) is 2.74. The highest BCUT2D eigenvalue weighted by Gasteiger charge is 2.22. The topological polar surface area (TPSA) is 62.8 Å². The minimum atomic E-state index is -0.0572. The minimum Gasteiger partial charge on any atom is -0.497 e. The van der Waals surface area contributed by atoms with Crippen LogP contribution in [0.1, 0.15) is 23.2 Å². The first kappa shape index (κ1) is 19.9. The van der Waals surface area contributed by atoms with Gasteiger partial charge in [0, 0.05) is 36.4 Å². The highest BCUT2D eigenvalue weighted by Crippen LogP contribution is 2.19. The summed E-state index contributed by atoms with van der Waals surface area (Å²) in [5.74, 6) is 1.47. The molecule has 7 heteroatoms. The van der Waals surface area contributed by atoms with Crippen molar-refractivity contribution in [3.63, 3.8) is 0 Å². The molecule has 0 aliphatic carbocycles. The number of ether oxygens (including phenoxy) is 2. The average molecular weight is 400 g/mol. The predicted molar refractivity (Wildman–Crippen MR) is 114 cm³/mol. The number of anilines is 1. The number of hydrogen-bond donors (Lipinski definition) is 2. The molecule has 3 rings (SSSR count). The van der Waals surface area contributed by atoms with Gasteiger partial charge in [-0.2, -0.15) is 0 Å². The van der Waals surface area contributed by atoms with E-state index in [9.17, 15) is 4.79 Å². The number of rotatable bonds is 5. The Morgan fingerprint density at radius 1 is 1.04 bits per heavy atom. The van der Waals surface area contributed by atoms with Crippen molar-refractivity contribution >= 4 is 28.9 Å². The fraction of sp³-hybridized carbons (Fsp3) is 0.333. The van der Waals surface area contributed by atoms with E-state index in [1.54, 1.807) is 38.5 Å². The molecule has 28 heavy (non-hydrogen) atoms. The standard InChI is InChI=1S/C21H25N3O3S/c1-26-18-8-6-15(7-9-18)20(25)22-16-10-12-24(13-11-16)21(28)23-17-4-3-5-19(14-17)27-2/h3-9,14,16H,10-13H2,1-2H3,(H,22,25)(H,23,28). The Balaban J connectivity index is 1.48. The zero-order chi connectivity index (χ0) is 19.9. The second-order valence-corrected chi connectivity index (χ2v) is 7.01. The van der Waals surface area contributed by atoms with Crippen LogP contribution in [0, 0.1) is 0 Å². The Bertz CT molecular complexity index is 818. The fourth-order valence-corrected chi connectivity index (χ4v) is 3.44. The van der Waals surface area contributed by atoms with Crippen molar-refractivity contribution in [1.82, 2.24) is 10.2 Å². The molecular weight excluding hydrogens is 374 g/mol. The van der Waals surface area contributed by atoms with Gasteiger partial charge in [-0.05, 0) is 61.5 Å². The molecule has 2 aromatic carbocycles. The number of methoxy groups -OCH3 is 2. The number of thiocarbonyl (C=S) groups is 1. The van der Waals surface area contributed by atoms with Gasteiger partial charge in [-0.3, -0.25) is 4.79 Å². The molecule has 0 unspecified atom stereocenters. The van der Waals surface area contributed by atoms with E-state index >= 15 is 0 Å². The van der Waals surface area contributed by atoms with Gasteiger partial charge in [-0.25, -0.2) is 0 Å². The van der Waals surface area contributed by atoms with Gasteiger partial charge >= 0.3 is 0 Å². The summed E-state index contributed by atoms with van der Waals surface area (Å²) in [6.07, 6.45) is 1.70. The van der Waals surface area contributed by atoms with Crippen LogP contribution in [0.15, 0.2) is 48.5 Å². The van der Waals surface area contributed by atoms with E-state index in [1.165, 1.54) is 0 Å². The van der Waals surface area contributed by atoms with Gasteiger partial charge in [0.1, 0.15) is 11.5 Å². The maximum absolute atomic E-state index is 12.4. The largest absolute Gasteiger partial charge is 0.497 e. The second-order valence-electron chi connectivity index (χ2n) is 6.63. The number of benzene rings is 2. The van der Waals surface area contributed by atoms with E-state index in [4.69, 9.17) is 21.7 Å². The SMILES string of the molecule is COc1ccc(C(=O)NC2CCN(C(=S)Nc3cccc(OC)c3)CC2)cc1. The smallest absolute Gasteiger partial charge is 0.251 e. The Labute approximate surface area is 170 Å². The molecule has 148 valence electrons. The Morgan fingerprint density at radius 2 is 1.71 bits per heavy atom. The van der Waals surface area contributed by atoms with Crippen LogP contribution in [0.4, 0.5) is 5.69 Å². The summed E-state index contributed by atoms with van der Waals surface area (Å²) in [4.78, 5) is 14.5. The van der Waals surface area contributed by atoms with Gasteiger partial charge in [0.05, 0.1) is 14.2 Å². The number of carbonyl (C=O) groups excluding carboxylic acids is 1. The van der Waals surface area contributed by atoms with Crippen LogP contribution in [0.2, 0.25) is 0 Å². The fourth-order valence-electron chi connectivity index (χ4n) is 3.14. The van der Waals surface area contributed by atoms with E-state index in [1.807, 2.05) is 24.3 Å². The predicted octanol–water partition coefficient (Wildman–Crippen LogP) is 3.30. The lowest BCUT2D eigenvalue weighted by Crippen LogP contribution is -2.47. The second kappa shape index (κ2) is 9.41. The number of hydrogen-bond acceptors (Lipinski definition) is 4. The molecule has 1 aliphatic heterocycles. The summed E-state index contributed by atoms with van der Waals surface area (Å²) in [5.41, 5.74) is 1.54. The summed E-state index contributed by atoms with van der Waals surface area (Å²) in [6.45, 7) is 1.59. The van der Waals surface area contributed by atoms with Crippen molar-refractivity contribution in [3.8, 4) is 11.5 Å². The van der Waals surface area contributed by atoms with Gasteiger partial charge in [0.15, 0.2) is 5.11 Å². The van der Waals surface area contributed by atoms with Gasteiger partial charge in [-0.15, -0.1) is 0 Å². The van der Waals surface area contributed by atoms with Crippen molar-refractivity contribution in [1.29, 1.82) is 0 Å². The lowest BCUT2D eigenvalue weighted by atomic mass is 10.0. The van der Waals surface area contributed by atoms with Gasteiger partial charge in [0.25, 0.3) is 5.91 Å². The lowest BCUT2D eigenvalue weighted by molar-refractivity contribution is 0.0922. The highest BCUT2D eigenvalue weighted by atomic mass is 32.1. The quantitative estimate of drug-likeness (QED) is 0.753. The summed E-state index contributed by atoms with van der Waals surface area (Å²) < 4.78 is 10.4. The number of carbonyl (C=O) groups is 1.